The summed E-state index contributed by atoms with van der Waals surface area (Å²) in [5.74, 6) is 0. The fourth-order valence-corrected chi connectivity index (χ4v) is 2.82. The number of hydrogen-bond acceptors (Lipinski definition) is 3. The minimum absolute atomic E-state index is 0.218. The summed E-state index contributed by atoms with van der Waals surface area (Å²) in [6.45, 7) is 0. The van der Waals surface area contributed by atoms with E-state index in [2.05, 4.69) is 0 Å². The van der Waals surface area contributed by atoms with E-state index in [0.29, 0.717) is 21.7 Å². The van der Waals surface area contributed by atoms with Gasteiger partial charge in [0.25, 0.3) is 10.1 Å². The van der Waals surface area contributed by atoms with Crippen LogP contribution in [0.2, 0.25) is 5.02 Å². The second-order valence-corrected chi connectivity index (χ2v) is 5.99. The van der Waals surface area contributed by atoms with E-state index in [9.17, 15) is 13.0 Å². The first-order valence-corrected chi connectivity index (χ1v) is 7.68. The molecule has 0 saturated heterocycles. The maximum Gasteiger partial charge on any atom is 0.295 e. The molecule has 2 aromatic carbocycles. The van der Waals surface area contributed by atoms with Crippen LogP contribution in [0.3, 0.4) is 0 Å². The first-order valence-electron chi connectivity index (χ1n) is 5.86. The molecule has 0 saturated carbocycles. The summed E-state index contributed by atoms with van der Waals surface area (Å²) in [4.78, 5) is -0.218. The van der Waals surface area contributed by atoms with Crippen molar-refractivity contribution in [1.29, 1.82) is 5.26 Å². The van der Waals surface area contributed by atoms with Crippen molar-refractivity contribution in [3.05, 3.63) is 59.1 Å². The molecule has 0 bridgehead atoms. The highest BCUT2D eigenvalue weighted by molar-refractivity contribution is 7.86. The van der Waals surface area contributed by atoms with Crippen LogP contribution in [0.15, 0.2) is 53.4 Å². The van der Waals surface area contributed by atoms with Crippen LogP contribution in [-0.4, -0.2) is 13.0 Å². The first kappa shape index (κ1) is 15.3. The minimum Gasteiger partial charge on any atom is -0.282 e. The van der Waals surface area contributed by atoms with Crippen molar-refractivity contribution in [3.63, 3.8) is 0 Å². The summed E-state index contributed by atoms with van der Waals surface area (Å²) in [5.41, 5.74) is 1.40. The first-order chi connectivity index (χ1) is 9.93. The molecule has 0 heterocycles. The highest BCUT2D eigenvalue weighted by Gasteiger charge is 2.18. The molecule has 0 aromatic heterocycles. The molecule has 106 valence electrons. The maximum atomic E-state index is 11.6. The Morgan fingerprint density at radius 2 is 1.81 bits per heavy atom. The fraction of sp³-hybridized carbons (Fsp3) is 0. The Balaban J connectivity index is 2.79. The van der Waals surface area contributed by atoms with Crippen molar-refractivity contribution < 1.29 is 13.0 Å². The van der Waals surface area contributed by atoms with Crippen LogP contribution in [0.25, 0.3) is 17.2 Å². The third-order valence-corrected chi connectivity index (χ3v) is 3.95. The zero-order valence-corrected chi connectivity index (χ0v) is 12.3. The third kappa shape index (κ3) is 3.50. The minimum atomic E-state index is -4.39. The quantitative estimate of drug-likeness (QED) is 0.689. The smallest absolute Gasteiger partial charge is 0.282 e. The topological polar surface area (TPSA) is 78.2 Å². The number of allylic oxidation sites excluding steroid dienone is 1. The number of benzene rings is 2. The van der Waals surface area contributed by atoms with Gasteiger partial charge in [0, 0.05) is 16.7 Å². The molecule has 2 aromatic rings. The van der Waals surface area contributed by atoms with Gasteiger partial charge in [0.1, 0.15) is 4.90 Å². The van der Waals surface area contributed by atoms with Gasteiger partial charge in [-0.2, -0.15) is 13.7 Å². The summed E-state index contributed by atoms with van der Waals surface area (Å²) in [5, 5.41) is 9.14. The van der Waals surface area contributed by atoms with Gasteiger partial charge < -0.3 is 0 Å². The van der Waals surface area contributed by atoms with Crippen LogP contribution < -0.4 is 0 Å². The van der Waals surface area contributed by atoms with Gasteiger partial charge in [-0.3, -0.25) is 4.55 Å². The van der Waals surface area contributed by atoms with E-state index in [1.54, 1.807) is 30.3 Å². The van der Waals surface area contributed by atoms with E-state index in [1.807, 2.05) is 6.07 Å². The molecule has 1 N–H and O–H groups in total. The van der Waals surface area contributed by atoms with Crippen LogP contribution in [0.4, 0.5) is 0 Å². The summed E-state index contributed by atoms with van der Waals surface area (Å²) in [7, 11) is -4.39. The average Bonchev–Trinajstić information content (AvgIpc) is 2.44. The van der Waals surface area contributed by atoms with E-state index in [-0.39, 0.29) is 4.90 Å². The van der Waals surface area contributed by atoms with Gasteiger partial charge in [0.15, 0.2) is 0 Å². The van der Waals surface area contributed by atoms with Gasteiger partial charge >= 0.3 is 0 Å². The molecule has 0 aliphatic heterocycles. The normalized spacial score (nSPS) is 11.5. The van der Waals surface area contributed by atoms with Gasteiger partial charge in [-0.1, -0.05) is 35.9 Å². The van der Waals surface area contributed by atoms with Crippen molar-refractivity contribution in [2.75, 3.05) is 0 Å². The average molecular weight is 320 g/mol. The number of halogens is 1. The zero-order valence-electron chi connectivity index (χ0n) is 10.7. The van der Waals surface area contributed by atoms with Gasteiger partial charge in [-0.15, -0.1) is 0 Å². The second-order valence-electron chi connectivity index (χ2n) is 4.16. The monoisotopic (exact) mass is 319 g/mol. The summed E-state index contributed by atoms with van der Waals surface area (Å²) >= 11 is 5.83. The van der Waals surface area contributed by atoms with Crippen molar-refractivity contribution in [3.8, 4) is 17.2 Å². The van der Waals surface area contributed by atoms with E-state index < -0.39 is 10.1 Å². The number of rotatable bonds is 3. The molecule has 0 amide bonds. The summed E-state index contributed by atoms with van der Waals surface area (Å²) in [6, 6.07) is 12.9. The largest absolute Gasteiger partial charge is 0.295 e. The van der Waals surface area contributed by atoms with Crippen LogP contribution >= 0.6 is 11.6 Å². The number of hydrogen-bond donors (Lipinski definition) is 1. The van der Waals surface area contributed by atoms with Crippen molar-refractivity contribution in [2.45, 2.75) is 4.90 Å². The van der Waals surface area contributed by atoms with Crippen LogP contribution in [-0.2, 0) is 10.1 Å². The lowest BCUT2D eigenvalue weighted by Gasteiger charge is -2.11. The molecule has 0 aliphatic rings. The zero-order chi connectivity index (χ0) is 15.5. The molecule has 0 spiro atoms. The Labute approximate surface area is 127 Å². The van der Waals surface area contributed by atoms with Crippen molar-refractivity contribution in [1.82, 2.24) is 0 Å². The Morgan fingerprint density at radius 3 is 2.38 bits per heavy atom. The van der Waals surface area contributed by atoms with Gasteiger partial charge in [-0.05, 0) is 35.4 Å². The number of nitrogens with zero attached hydrogens (tertiary/aromatic N) is 1. The molecule has 2 rings (SSSR count). The fourth-order valence-electron chi connectivity index (χ4n) is 1.95. The lowest BCUT2D eigenvalue weighted by atomic mass is 9.99. The molecule has 0 unspecified atom stereocenters. The van der Waals surface area contributed by atoms with Crippen LogP contribution in [0.5, 0.6) is 0 Å². The maximum absolute atomic E-state index is 11.6. The molecule has 6 heteroatoms. The predicted molar refractivity (Wildman–Crippen MR) is 81.3 cm³/mol. The van der Waals surface area contributed by atoms with E-state index in [0.717, 1.165) is 0 Å². The SMILES string of the molecule is N#CC=Cc1cccc(S(=O)(=O)O)c1-c1ccc(Cl)cc1. The number of nitriles is 1. The lowest BCUT2D eigenvalue weighted by Crippen LogP contribution is -2.02. The predicted octanol–water partition coefficient (Wildman–Crippen LogP) is 3.79. The molecule has 0 atom stereocenters. The van der Waals surface area contributed by atoms with E-state index >= 15 is 0 Å². The second kappa shape index (κ2) is 6.10. The molecule has 0 fully saturated rings. The summed E-state index contributed by atoms with van der Waals surface area (Å²) in [6.07, 6.45) is 2.72. The van der Waals surface area contributed by atoms with Gasteiger partial charge in [-0.25, -0.2) is 0 Å². The molecular formula is C15H10ClNO3S. The van der Waals surface area contributed by atoms with Gasteiger partial charge in [0.05, 0.1) is 6.07 Å². The molecular weight excluding hydrogens is 310 g/mol. The molecule has 0 radical (unpaired) electrons. The highest BCUT2D eigenvalue weighted by atomic mass is 35.5. The highest BCUT2D eigenvalue weighted by Crippen LogP contribution is 2.32. The van der Waals surface area contributed by atoms with Gasteiger partial charge in [0.2, 0.25) is 0 Å². The Kier molecular flexibility index (Phi) is 4.43. The molecule has 21 heavy (non-hydrogen) atoms. The van der Waals surface area contributed by atoms with Crippen LogP contribution in [0, 0.1) is 11.3 Å². The lowest BCUT2D eigenvalue weighted by molar-refractivity contribution is 0.483. The van der Waals surface area contributed by atoms with E-state index in [1.165, 1.54) is 24.3 Å². The Morgan fingerprint density at radius 1 is 1.14 bits per heavy atom. The third-order valence-electron chi connectivity index (χ3n) is 2.81. The Hall–Kier alpha value is -2.13. The van der Waals surface area contributed by atoms with Crippen molar-refractivity contribution in [2.24, 2.45) is 0 Å². The standard InChI is InChI=1S/C15H10ClNO3S/c16-13-8-6-12(7-9-13)15-11(4-2-10-17)3-1-5-14(15)21(18,19)20/h1-9H,(H,18,19,20). The van der Waals surface area contributed by atoms with Crippen LogP contribution in [0.1, 0.15) is 5.56 Å². The molecule has 4 nitrogen and oxygen atoms in total. The molecule has 0 aliphatic carbocycles. The van der Waals surface area contributed by atoms with Crippen molar-refractivity contribution >= 4 is 27.8 Å². The summed E-state index contributed by atoms with van der Waals surface area (Å²) < 4.78 is 32.5. The Bertz CT molecular complexity index is 834. The van der Waals surface area contributed by atoms with E-state index in [4.69, 9.17) is 16.9 Å².